The fourth-order valence-corrected chi connectivity index (χ4v) is 2.14. The van der Waals surface area contributed by atoms with Crippen LogP contribution in [0.5, 0.6) is 11.5 Å². The highest BCUT2D eigenvalue weighted by atomic mass is 16.5. The normalized spacial score (nSPS) is 10.4. The second-order valence-electron chi connectivity index (χ2n) is 4.80. The van der Waals surface area contributed by atoms with Crippen molar-refractivity contribution < 1.29 is 9.47 Å². The lowest BCUT2D eigenvalue weighted by Gasteiger charge is -2.08. The number of aromatic nitrogens is 3. The van der Waals surface area contributed by atoms with Crippen LogP contribution in [0, 0.1) is 0 Å². The van der Waals surface area contributed by atoms with Crippen molar-refractivity contribution >= 4 is 0 Å². The second-order valence-corrected chi connectivity index (χ2v) is 4.80. The van der Waals surface area contributed by atoms with Gasteiger partial charge < -0.3 is 9.47 Å². The van der Waals surface area contributed by atoms with Gasteiger partial charge in [-0.1, -0.05) is 42.5 Å². The molecule has 0 spiro atoms. The Bertz CT molecular complexity index is 726. The average Bonchev–Trinajstić information content (AvgIpc) is 3.01. The van der Waals surface area contributed by atoms with E-state index < -0.39 is 0 Å². The molecular formula is C17H17N3O2. The summed E-state index contributed by atoms with van der Waals surface area (Å²) in [6.45, 7) is 0.322. The van der Waals surface area contributed by atoms with Gasteiger partial charge in [0, 0.05) is 6.42 Å². The number of benzene rings is 2. The zero-order valence-corrected chi connectivity index (χ0v) is 12.3. The summed E-state index contributed by atoms with van der Waals surface area (Å²) in [7, 11) is 1.62. The molecule has 0 saturated carbocycles. The summed E-state index contributed by atoms with van der Waals surface area (Å²) in [5, 5.41) is 7.13. The van der Waals surface area contributed by atoms with Crippen LogP contribution in [0.1, 0.15) is 17.2 Å². The van der Waals surface area contributed by atoms with Crippen LogP contribution in [-0.2, 0) is 13.0 Å². The highest BCUT2D eigenvalue weighted by molar-refractivity contribution is 5.39. The zero-order chi connectivity index (χ0) is 15.2. The minimum absolute atomic E-state index is 0.322. The molecule has 1 aromatic heterocycles. The number of nitrogens with one attached hydrogen (secondary N) is 1. The predicted octanol–water partition coefficient (Wildman–Crippen LogP) is 2.98. The molecule has 2 aromatic carbocycles. The quantitative estimate of drug-likeness (QED) is 0.759. The van der Waals surface area contributed by atoms with E-state index in [4.69, 9.17) is 9.47 Å². The molecule has 1 heterocycles. The van der Waals surface area contributed by atoms with Gasteiger partial charge in [-0.05, 0) is 17.7 Å². The number of aromatic amines is 1. The van der Waals surface area contributed by atoms with E-state index in [0.717, 1.165) is 5.82 Å². The van der Waals surface area contributed by atoms with Crippen molar-refractivity contribution in [1.29, 1.82) is 0 Å². The van der Waals surface area contributed by atoms with Crippen LogP contribution in [0.25, 0.3) is 0 Å². The SMILES string of the molecule is COc1ccccc1OCc1nc(Cc2ccccc2)n[nH]1. The monoisotopic (exact) mass is 295 g/mol. The van der Waals surface area contributed by atoms with Crippen molar-refractivity contribution in [3.05, 3.63) is 71.8 Å². The number of rotatable bonds is 6. The molecule has 22 heavy (non-hydrogen) atoms. The van der Waals surface area contributed by atoms with E-state index in [1.165, 1.54) is 5.56 Å². The standard InChI is InChI=1S/C17H17N3O2/c1-21-14-9-5-6-10-15(14)22-12-17-18-16(19-20-17)11-13-7-3-2-4-8-13/h2-10H,11-12H2,1H3,(H,18,19,20). The number of hydrogen-bond donors (Lipinski definition) is 1. The fraction of sp³-hybridized carbons (Fsp3) is 0.176. The Labute approximate surface area is 128 Å². The average molecular weight is 295 g/mol. The van der Waals surface area contributed by atoms with Gasteiger partial charge in [0.15, 0.2) is 23.1 Å². The number of methoxy groups -OCH3 is 1. The zero-order valence-electron chi connectivity index (χ0n) is 12.3. The Morgan fingerprint density at radius 3 is 2.45 bits per heavy atom. The smallest absolute Gasteiger partial charge is 0.162 e. The Morgan fingerprint density at radius 1 is 0.955 bits per heavy atom. The molecule has 0 saturated heterocycles. The molecular weight excluding hydrogens is 278 g/mol. The number of ether oxygens (including phenoxy) is 2. The maximum Gasteiger partial charge on any atom is 0.162 e. The molecule has 112 valence electrons. The number of para-hydroxylation sites is 2. The Morgan fingerprint density at radius 2 is 1.68 bits per heavy atom. The molecule has 0 fully saturated rings. The summed E-state index contributed by atoms with van der Waals surface area (Å²) in [4.78, 5) is 4.44. The van der Waals surface area contributed by atoms with Crippen LogP contribution < -0.4 is 9.47 Å². The molecule has 5 nitrogen and oxygen atoms in total. The Balaban J connectivity index is 1.62. The third-order valence-corrected chi connectivity index (χ3v) is 3.22. The lowest BCUT2D eigenvalue weighted by Crippen LogP contribution is -1.99. The first-order valence-corrected chi connectivity index (χ1v) is 7.05. The van der Waals surface area contributed by atoms with E-state index in [1.807, 2.05) is 42.5 Å². The van der Waals surface area contributed by atoms with Gasteiger partial charge in [-0.3, -0.25) is 5.10 Å². The molecule has 0 unspecified atom stereocenters. The van der Waals surface area contributed by atoms with Crippen molar-refractivity contribution in [3.63, 3.8) is 0 Å². The van der Waals surface area contributed by atoms with Gasteiger partial charge in [-0.2, -0.15) is 5.10 Å². The van der Waals surface area contributed by atoms with Crippen LogP contribution in [0.15, 0.2) is 54.6 Å². The highest BCUT2D eigenvalue weighted by Gasteiger charge is 2.07. The minimum atomic E-state index is 0.322. The second kappa shape index (κ2) is 6.76. The first kappa shape index (κ1) is 14.1. The minimum Gasteiger partial charge on any atom is -0.493 e. The van der Waals surface area contributed by atoms with Crippen molar-refractivity contribution in [3.8, 4) is 11.5 Å². The van der Waals surface area contributed by atoms with Gasteiger partial charge in [0.2, 0.25) is 0 Å². The van der Waals surface area contributed by atoms with Gasteiger partial charge in [0.1, 0.15) is 6.61 Å². The van der Waals surface area contributed by atoms with Crippen LogP contribution in [-0.4, -0.2) is 22.3 Å². The Kier molecular flexibility index (Phi) is 4.34. The Hall–Kier alpha value is -2.82. The molecule has 0 atom stereocenters. The van der Waals surface area contributed by atoms with Crippen LogP contribution >= 0.6 is 0 Å². The molecule has 3 aromatic rings. The predicted molar refractivity (Wildman–Crippen MR) is 83.0 cm³/mol. The van der Waals surface area contributed by atoms with Crippen LogP contribution in [0.4, 0.5) is 0 Å². The van der Waals surface area contributed by atoms with E-state index in [2.05, 4.69) is 27.3 Å². The van der Waals surface area contributed by atoms with Crippen molar-refractivity contribution in [2.75, 3.05) is 7.11 Å². The molecule has 3 rings (SSSR count). The molecule has 0 bridgehead atoms. The third kappa shape index (κ3) is 3.44. The molecule has 0 aliphatic rings. The molecule has 0 amide bonds. The fourth-order valence-electron chi connectivity index (χ4n) is 2.14. The topological polar surface area (TPSA) is 60.0 Å². The summed E-state index contributed by atoms with van der Waals surface area (Å²) in [5.74, 6) is 2.83. The van der Waals surface area contributed by atoms with E-state index in [-0.39, 0.29) is 0 Å². The number of H-pyrrole nitrogens is 1. The first-order chi connectivity index (χ1) is 10.8. The summed E-state index contributed by atoms with van der Waals surface area (Å²) in [6.07, 6.45) is 0.700. The van der Waals surface area contributed by atoms with Crippen molar-refractivity contribution in [2.24, 2.45) is 0 Å². The largest absolute Gasteiger partial charge is 0.493 e. The highest BCUT2D eigenvalue weighted by Crippen LogP contribution is 2.26. The maximum atomic E-state index is 5.72. The number of nitrogens with zero attached hydrogens (tertiary/aromatic N) is 2. The maximum absolute atomic E-state index is 5.72. The van der Waals surface area contributed by atoms with Gasteiger partial charge in [-0.25, -0.2) is 4.98 Å². The summed E-state index contributed by atoms with van der Waals surface area (Å²) in [6, 6.07) is 17.6. The summed E-state index contributed by atoms with van der Waals surface area (Å²) in [5.41, 5.74) is 1.18. The lowest BCUT2D eigenvalue weighted by molar-refractivity contribution is 0.276. The van der Waals surface area contributed by atoms with E-state index in [1.54, 1.807) is 7.11 Å². The van der Waals surface area contributed by atoms with Crippen molar-refractivity contribution in [1.82, 2.24) is 15.2 Å². The van der Waals surface area contributed by atoms with Gasteiger partial charge in [-0.15, -0.1) is 0 Å². The molecule has 0 aliphatic carbocycles. The van der Waals surface area contributed by atoms with Gasteiger partial charge in [0.25, 0.3) is 0 Å². The van der Waals surface area contributed by atoms with Crippen molar-refractivity contribution in [2.45, 2.75) is 13.0 Å². The van der Waals surface area contributed by atoms with E-state index in [9.17, 15) is 0 Å². The van der Waals surface area contributed by atoms with Gasteiger partial charge >= 0.3 is 0 Å². The van der Waals surface area contributed by atoms with E-state index >= 15 is 0 Å². The molecule has 1 N–H and O–H groups in total. The third-order valence-electron chi connectivity index (χ3n) is 3.22. The molecule has 0 aliphatic heterocycles. The first-order valence-electron chi connectivity index (χ1n) is 7.05. The molecule has 5 heteroatoms. The van der Waals surface area contributed by atoms with Crippen LogP contribution in [0.2, 0.25) is 0 Å². The summed E-state index contributed by atoms with van der Waals surface area (Å²) < 4.78 is 11.0. The lowest BCUT2D eigenvalue weighted by atomic mass is 10.1. The van der Waals surface area contributed by atoms with Crippen LogP contribution in [0.3, 0.4) is 0 Å². The molecule has 0 radical (unpaired) electrons. The number of hydrogen-bond acceptors (Lipinski definition) is 4. The van der Waals surface area contributed by atoms with Gasteiger partial charge in [0.05, 0.1) is 7.11 Å². The van der Waals surface area contributed by atoms with E-state index in [0.29, 0.717) is 30.4 Å². The summed E-state index contributed by atoms with van der Waals surface area (Å²) >= 11 is 0.